The van der Waals surface area contributed by atoms with E-state index in [2.05, 4.69) is 50.0 Å². The topological polar surface area (TPSA) is 26.0 Å². The van der Waals surface area contributed by atoms with E-state index < -0.39 is 0 Å². The number of benzene rings is 2. The van der Waals surface area contributed by atoms with Crippen LogP contribution in [0.25, 0.3) is 11.1 Å². The summed E-state index contributed by atoms with van der Waals surface area (Å²) < 4.78 is 5.75. The van der Waals surface area contributed by atoms with Crippen molar-refractivity contribution in [2.24, 2.45) is 5.92 Å². The van der Waals surface area contributed by atoms with Crippen molar-refractivity contribution in [2.45, 2.75) is 44.1 Å². The molecule has 0 fully saturated rings. The minimum absolute atomic E-state index is 0.647. The second kappa shape index (κ2) is 7.22. The molecule has 2 aromatic carbocycles. The number of rotatable bonds is 6. The van der Waals surface area contributed by atoms with Crippen LogP contribution in [0.4, 0.5) is 0 Å². The van der Waals surface area contributed by atoms with E-state index >= 15 is 0 Å². The summed E-state index contributed by atoms with van der Waals surface area (Å²) in [6.07, 6.45) is 1.19. The Balaban J connectivity index is 1.66. The number of thioether (sulfide) groups is 1. The highest BCUT2D eigenvalue weighted by atomic mass is 32.2. The zero-order chi connectivity index (χ0) is 16.2. The number of fused-ring (bicyclic) bond motifs is 1. The average molecular weight is 325 g/mol. The number of para-hydroxylation sites is 2. The first-order chi connectivity index (χ1) is 11.2. The molecule has 3 aromatic rings. The third kappa shape index (κ3) is 3.78. The Morgan fingerprint density at radius 3 is 2.43 bits per heavy atom. The highest BCUT2D eigenvalue weighted by molar-refractivity contribution is 7.98. The lowest BCUT2D eigenvalue weighted by Crippen LogP contribution is -2.05. The summed E-state index contributed by atoms with van der Waals surface area (Å²) in [5, 5.41) is 0.740. The van der Waals surface area contributed by atoms with Crippen LogP contribution in [-0.2, 0) is 5.75 Å². The molecule has 0 N–H and O–H groups in total. The van der Waals surface area contributed by atoms with Crippen LogP contribution >= 0.6 is 11.8 Å². The molecule has 3 rings (SSSR count). The van der Waals surface area contributed by atoms with E-state index in [0.29, 0.717) is 11.8 Å². The van der Waals surface area contributed by atoms with Crippen molar-refractivity contribution in [1.29, 1.82) is 0 Å². The number of hydrogen-bond donors (Lipinski definition) is 0. The molecule has 0 saturated carbocycles. The molecule has 0 spiro atoms. The predicted octanol–water partition coefficient (Wildman–Crippen LogP) is 6.27. The summed E-state index contributed by atoms with van der Waals surface area (Å²) in [4.78, 5) is 4.51. The number of hydrogen-bond acceptors (Lipinski definition) is 3. The molecule has 3 heteroatoms. The first-order valence-corrected chi connectivity index (χ1v) is 9.23. The van der Waals surface area contributed by atoms with E-state index in [9.17, 15) is 0 Å². The Hall–Kier alpha value is -1.74. The van der Waals surface area contributed by atoms with Crippen LogP contribution in [0.2, 0.25) is 0 Å². The van der Waals surface area contributed by atoms with E-state index in [4.69, 9.17) is 4.42 Å². The average Bonchev–Trinajstić information content (AvgIpc) is 2.97. The Morgan fingerprint density at radius 1 is 1.04 bits per heavy atom. The maximum absolute atomic E-state index is 5.75. The van der Waals surface area contributed by atoms with Gasteiger partial charge in [-0.15, -0.1) is 0 Å². The molecule has 1 atom stereocenters. The highest BCUT2D eigenvalue weighted by Gasteiger charge is 2.13. The highest BCUT2D eigenvalue weighted by Crippen LogP contribution is 2.29. The van der Waals surface area contributed by atoms with Gasteiger partial charge < -0.3 is 4.42 Å². The van der Waals surface area contributed by atoms with Gasteiger partial charge in [0.1, 0.15) is 5.52 Å². The largest absolute Gasteiger partial charge is 0.431 e. The van der Waals surface area contributed by atoms with Crippen molar-refractivity contribution in [3.05, 3.63) is 59.7 Å². The Kier molecular flexibility index (Phi) is 5.06. The molecule has 120 valence electrons. The van der Waals surface area contributed by atoms with Gasteiger partial charge in [-0.1, -0.05) is 68.9 Å². The fourth-order valence-electron chi connectivity index (χ4n) is 3.01. The summed E-state index contributed by atoms with van der Waals surface area (Å²) in [5.74, 6) is 2.21. The van der Waals surface area contributed by atoms with Crippen molar-refractivity contribution in [2.75, 3.05) is 0 Å². The Labute approximate surface area is 142 Å². The predicted molar refractivity (Wildman–Crippen MR) is 97.9 cm³/mol. The third-order valence-electron chi connectivity index (χ3n) is 4.29. The lowest BCUT2D eigenvalue weighted by atomic mass is 9.86. The van der Waals surface area contributed by atoms with E-state index in [-0.39, 0.29) is 0 Å². The molecular weight excluding hydrogens is 302 g/mol. The number of nitrogens with zero attached hydrogens (tertiary/aromatic N) is 1. The molecule has 0 bridgehead atoms. The maximum atomic E-state index is 5.75. The van der Waals surface area contributed by atoms with Crippen molar-refractivity contribution in [3.8, 4) is 0 Å². The van der Waals surface area contributed by atoms with Gasteiger partial charge in [-0.2, -0.15) is 0 Å². The van der Waals surface area contributed by atoms with Crippen LogP contribution in [0.15, 0.2) is 58.2 Å². The van der Waals surface area contributed by atoms with Gasteiger partial charge in [0.05, 0.1) is 0 Å². The van der Waals surface area contributed by atoms with Gasteiger partial charge in [-0.3, -0.25) is 0 Å². The van der Waals surface area contributed by atoms with E-state index in [0.717, 1.165) is 22.1 Å². The Morgan fingerprint density at radius 2 is 1.78 bits per heavy atom. The van der Waals surface area contributed by atoms with Gasteiger partial charge >= 0.3 is 0 Å². The number of oxazole rings is 1. The van der Waals surface area contributed by atoms with E-state index in [1.165, 1.54) is 17.5 Å². The minimum Gasteiger partial charge on any atom is -0.431 e. The third-order valence-corrected chi connectivity index (χ3v) is 5.19. The van der Waals surface area contributed by atoms with Crippen LogP contribution < -0.4 is 0 Å². The van der Waals surface area contributed by atoms with Crippen LogP contribution in [0.3, 0.4) is 0 Å². The first kappa shape index (κ1) is 16.1. The Bertz CT molecular complexity index is 728. The van der Waals surface area contributed by atoms with Crippen molar-refractivity contribution < 1.29 is 4.42 Å². The van der Waals surface area contributed by atoms with Gasteiger partial charge in [0, 0.05) is 5.75 Å². The molecule has 1 unspecified atom stereocenters. The van der Waals surface area contributed by atoms with E-state index in [1.54, 1.807) is 11.8 Å². The van der Waals surface area contributed by atoms with Crippen LogP contribution in [0.1, 0.15) is 44.2 Å². The molecule has 23 heavy (non-hydrogen) atoms. The fraction of sp³-hybridized carbons (Fsp3) is 0.350. The zero-order valence-corrected chi connectivity index (χ0v) is 14.8. The minimum atomic E-state index is 0.647. The quantitative estimate of drug-likeness (QED) is 0.500. The summed E-state index contributed by atoms with van der Waals surface area (Å²) in [5.41, 5.74) is 4.53. The fourth-order valence-corrected chi connectivity index (χ4v) is 3.81. The molecular formula is C20H23NOS. The lowest BCUT2D eigenvalue weighted by Gasteiger charge is -2.19. The van der Waals surface area contributed by atoms with Crippen molar-refractivity contribution >= 4 is 22.9 Å². The van der Waals surface area contributed by atoms with Gasteiger partial charge in [0.2, 0.25) is 0 Å². The molecule has 0 aliphatic carbocycles. The second-order valence-electron chi connectivity index (χ2n) is 6.24. The molecule has 0 aliphatic rings. The standard InChI is InChI=1S/C20H23NOS/c1-4-17(14(2)3)16-11-9-15(10-12-16)13-23-20-21-18-7-5-6-8-19(18)22-20/h5-12,14,17H,4,13H2,1-3H3. The van der Waals surface area contributed by atoms with Crippen molar-refractivity contribution in [1.82, 2.24) is 4.98 Å². The molecule has 0 amide bonds. The molecule has 1 aromatic heterocycles. The lowest BCUT2D eigenvalue weighted by molar-refractivity contribution is 0.485. The zero-order valence-electron chi connectivity index (χ0n) is 14.0. The van der Waals surface area contributed by atoms with Crippen LogP contribution in [0, 0.1) is 5.92 Å². The first-order valence-electron chi connectivity index (χ1n) is 8.24. The SMILES string of the molecule is CCC(c1ccc(CSc2nc3ccccc3o2)cc1)C(C)C. The summed E-state index contributed by atoms with van der Waals surface area (Å²) in [6.45, 7) is 6.86. The van der Waals surface area contributed by atoms with Gasteiger partial charge in [-0.05, 0) is 41.5 Å². The van der Waals surface area contributed by atoms with Gasteiger partial charge in [-0.25, -0.2) is 4.98 Å². The summed E-state index contributed by atoms with van der Waals surface area (Å²) in [7, 11) is 0. The molecule has 1 heterocycles. The molecule has 0 saturated heterocycles. The van der Waals surface area contributed by atoms with Crippen LogP contribution in [0.5, 0.6) is 0 Å². The monoisotopic (exact) mass is 325 g/mol. The molecule has 0 radical (unpaired) electrons. The molecule has 0 aliphatic heterocycles. The van der Waals surface area contributed by atoms with Gasteiger partial charge in [0.15, 0.2) is 5.58 Å². The molecule has 2 nitrogen and oxygen atoms in total. The summed E-state index contributed by atoms with van der Waals surface area (Å²) in [6, 6.07) is 16.9. The smallest absolute Gasteiger partial charge is 0.257 e. The van der Waals surface area contributed by atoms with Crippen molar-refractivity contribution in [3.63, 3.8) is 0 Å². The van der Waals surface area contributed by atoms with Crippen LogP contribution in [-0.4, -0.2) is 4.98 Å². The normalized spacial score (nSPS) is 12.9. The maximum Gasteiger partial charge on any atom is 0.257 e. The van der Waals surface area contributed by atoms with Gasteiger partial charge in [0.25, 0.3) is 5.22 Å². The summed E-state index contributed by atoms with van der Waals surface area (Å²) >= 11 is 1.65. The second-order valence-corrected chi connectivity index (χ2v) is 7.16. The number of aromatic nitrogens is 1. The van der Waals surface area contributed by atoms with E-state index in [1.807, 2.05) is 24.3 Å².